The lowest BCUT2D eigenvalue weighted by atomic mass is 10.1. The van der Waals surface area contributed by atoms with Gasteiger partial charge in [-0.3, -0.25) is 9.59 Å². The molecule has 2 N–H and O–H groups in total. The van der Waals surface area contributed by atoms with E-state index in [-0.39, 0.29) is 27.8 Å². The van der Waals surface area contributed by atoms with Gasteiger partial charge in [-0.05, 0) is 35.9 Å². The lowest BCUT2D eigenvalue weighted by Crippen LogP contribution is -2.43. The van der Waals surface area contributed by atoms with Crippen molar-refractivity contribution in [2.45, 2.75) is 19.4 Å². The molecule has 3 aromatic rings. The molecule has 2 amide bonds. The normalized spacial score (nSPS) is 11.4. The summed E-state index contributed by atoms with van der Waals surface area (Å²) in [5, 5.41) is 6.15. The minimum absolute atomic E-state index is 0.0477. The van der Waals surface area contributed by atoms with E-state index in [1.54, 1.807) is 12.1 Å². The first-order valence-corrected chi connectivity index (χ1v) is 10.9. The summed E-state index contributed by atoms with van der Waals surface area (Å²) in [4.78, 5) is 37.5. The summed E-state index contributed by atoms with van der Waals surface area (Å²) < 4.78 is 5.52. The number of ether oxygens (including phenoxy) is 1. The highest BCUT2D eigenvalue weighted by Gasteiger charge is 2.25. The van der Waals surface area contributed by atoms with E-state index in [1.807, 2.05) is 30.3 Å². The summed E-state index contributed by atoms with van der Waals surface area (Å²) in [7, 11) is 0. The van der Waals surface area contributed by atoms with Crippen molar-refractivity contribution in [3.63, 3.8) is 0 Å². The van der Waals surface area contributed by atoms with Gasteiger partial charge in [0.15, 0.2) is 0 Å². The topological polar surface area (TPSA) is 84.5 Å². The molecule has 0 saturated heterocycles. The Labute approximate surface area is 205 Å². The molecular formula is C24H19Cl3N2O4. The first kappa shape index (κ1) is 24.6. The lowest BCUT2D eigenvalue weighted by Gasteiger charge is -2.18. The largest absolute Gasteiger partial charge is 0.424 e. The van der Waals surface area contributed by atoms with Gasteiger partial charge in [0.1, 0.15) is 11.8 Å². The van der Waals surface area contributed by atoms with Crippen molar-refractivity contribution in [3.8, 4) is 5.75 Å². The number of carbonyl (C=O) groups excluding carboxylic acids is 3. The number of esters is 1. The smallest absolute Gasteiger partial charge is 0.334 e. The van der Waals surface area contributed by atoms with Crippen LogP contribution in [0, 0.1) is 0 Å². The second-order valence-electron chi connectivity index (χ2n) is 7.09. The molecule has 0 saturated carbocycles. The molecule has 3 aromatic carbocycles. The van der Waals surface area contributed by atoms with Gasteiger partial charge in [-0.25, -0.2) is 4.79 Å². The SMILES string of the molecule is CC(=O)N[C@@H](Cc1ccccc1)C(=O)Oc1cc(Cl)ccc1C(=O)Nc1ccc(Cl)c(Cl)c1. The number of halogens is 3. The van der Waals surface area contributed by atoms with E-state index in [0.717, 1.165) is 5.56 Å². The molecule has 0 heterocycles. The van der Waals surface area contributed by atoms with Crippen molar-refractivity contribution < 1.29 is 19.1 Å². The number of benzene rings is 3. The summed E-state index contributed by atoms with van der Waals surface area (Å²) in [6.45, 7) is 1.31. The van der Waals surface area contributed by atoms with Gasteiger partial charge in [-0.2, -0.15) is 0 Å². The maximum absolute atomic E-state index is 12.9. The second-order valence-corrected chi connectivity index (χ2v) is 8.34. The van der Waals surface area contributed by atoms with E-state index in [9.17, 15) is 14.4 Å². The molecule has 0 unspecified atom stereocenters. The van der Waals surface area contributed by atoms with Crippen LogP contribution in [0.2, 0.25) is 15.1 Å². The molecule has 170 valence electrons. The Morgan fingerprint density at radius 3 is 2.30 bits per heavy atom. The third-order valence-corrected chi connectivity index (χ3v) is 5.50. The molecule has 0 aliphatic heterocycles. The Morgan fingerprint density at radius 1 is 0.909 bits per heavy atom. The maximum atomic E-state index is 12.9. The van der Waals surface area contributed by atoms with Crippen LogP contribution in [-0.4, -0.2) is 23.8 Å². The van der Waals surface area contributed by atoms with Crippen LogP contribution < -0.4 is 15.4 Å². The molecule has 0 radical (unpaired) electrons. The van der Waals surface area contributed by atoms with E-state index in [0.29, 0.717) is 10.7 Å². The van der Waals surface area contributed by atoms with Crippen LogP contribution in [0.1, 0.15) is 22.8 Å². The van der Waals surface area contributed by atoms with E-state index < -0.39 is 23.8 Å². The van der Waals surface area contributed by atoms with Crippen LogP contribution in [0.3, 0.4) is 0 Å². The first-order chi connectivity index (χ1) is 15.7. The number of rotatable bonds is 7. The summed E-state index contributed by atoms with van der Waals surface area (Å²) in [6.07, 6.45) is 0.213. The predicted molar refractivity (Wildman–Crippen MR) is 129 cm³/mol. The molecule has 33 heavy (non-hydrogen) atoms. The third kappa shape index (κ3) is 6.96. The zero-order chi connectivity index (χ0) is 24.0. The molecule has 0 fully saturated rings. The van der Waals surface area contributed by atoms with Crippen LogP contribution in [0.15, 0.2) is 66.7 Å². The Bertz CT molecular complexity index is 1190. The molecule has 3 rings (SSSR count). The highest BCUT2D eigenvalue weighted by atomic mass is 35.5. The molecule has 9 heteroatoms. The van der Waals surface area contributed by atoms with Crippen molar-refractivity contribution in [1.29, 1.82) is 0 Å². The van der Waals surface area contributed by atoms with E-state index in [2.05, 4.69) is 10.6 Å². The van der Waals surface area contributed by atoms with Gasteiger partial charge in [0.05, 0.1) is 15.6 Å². The number of carbonyl (C=O) groups is 3. The monoisotopic (exact) mass is 504 g/mol. The predicted octanol–water partition coefficient (Wildman–Crippen LogP) is 5.55. The number of amides is 2. The van der Waals surface area contributed by atoms with E-state index in [1.165, 1.54) is 31.2 Å². The van der Waals surface area contributed by atoms with Gasteiger partial charge in [0.2, 0.25) is 5.91 Å². The molecule has 0 spiro atoms. The van der Waals surface area contributed by atoms with Crippen molar-refractivity contribution >= 4 is 58.3 Å². The Hall–Kier alpha value is -3.06. The van der Waals surface area contributed by atoms with Crippen molar-refractivity contribution in [2.75, 3.05) is 5.32 Å². The van der Waals surface area contributed by atoms with Crippen molar-refractivity contribution in [3.05, 3.63) is 92.9 Å². The second kappa shape index (κ2) is 11.2. The van der Waals surface area contributed by atoms with Crippen LogP contribution in [-0.2, 0) is 16.0 Å². The average Bonchev–Trinajstić information content (AvgIpc) is 2.76. The molecule has 0 aliphatic carbocycles. The quantitative estimate of drug-likeness (QED) is 0.326. The van der Waals surface area contributed by atoms with Crippen LogP contribution in [0.4, 0.5) is 5.69 Å². The zero-order valence-electron chi connectivity index (χ0n) is 17.4. The molecular weight excluding hydrogens is 487 g/mol. The van der Waals surface area contributed by atoms with Gasteiger partial charge in [-0.1, -0.05) is 65.1 Å². The molecule has 0 bridgehead atoms. The molecule has 6 nitrogen and oxygen atoms in total. The van der Waals surface area contributed by atoms with Gasteiger partial charge in [0.25, 0.3) is 5.91 Å². The number of anilines is 1. The van der Waals surface area contributed by atoms with E-state index >= 15 is 0 Å². The average molecular weight is 506 g/mol. The fraction of sp³-hybridized carbons (Fsp3) is 0.125. The number of hydrogen-bond acceptors (Lipinski definition) is 4. The molecule has 0 aromatic heterocycles. The third-order valence-electron chi connectivity index (χ3n) is 4.52. The standard InChI is InChI=1S/C24H19Cl3N2O4/c1-14(30)28-21(11-15-5-3-2-4-6-15)24(32)33-22-12-16(25)7-9-18(22)23(31)29-17-8-10-19(26)20(27)13-17/h2-10,12-13,21H,11H2,1H3,(H,28,30)(H,29,31)/t21-/m0/s1. The first-order valence-electron chi connectivity index (χ1n) is 9.81. The fourth-order valence-electron chi connectivity index (χ4n) is 3.01. The Balaban J connectivity index is 1.83. The van der Waals surface area contributed by atoms with Crippen LogP contribution >= 0.6 is 34.8 Å². The fourth-order valence-corrected chi connectivity index (χ4v) is 3.47. The Morgan fingerprint density at radius 2 is 1.64 bits per heavy atom. The van der Waals surface area contributed by atoms with Gasteiger partial charge < -0.3 is 15.4 Å². The minimum atomic E-state index is -0.963. The summed E-state index contributed by atoms with van der Waals surface area (Å²) >= 11 is 18.0. The van der Waals surface area contributed by atoms with Crippen molar-refractivity contribution in [2.24, 2.45) is 0 Å². The number of nitrogens with one attached hydrogen (secondary N) is 2. The number of hydrogen-bond donors (Lipinski definition) is 2. The summed E-state index contributed by atoms with van der Waals surface area (Å²) in [6, 6.07) is 17.1. The van der Waals surface area contributed by atoms with Crippen molar-refractivity contribution in [1.82, 2.24) is 5.32 Å². The molecule has 1 atom stereocenters. The van der Waals surface area contributed by atoms with Crippen LogP contribution in [0.5, 0.6) is 5.75 Å². The van der Waals surface area contributed by atoms with Gasteiger partial charge in [0, 0.05) is 30.1 Å². The highest BCUT2D eigenvalue weighted by Crippen LogP contribution is 2.28. The van der Waals surface area contributed by atoms with Gasteiger partial charge >= 0.3 is 5.97 Å². The summed E-state index contributed by atoms with van der Waals surface area (Å²) in [5.74, 6) is -1.73. The zero-order valence-corrected chi connectivity index (χ0v) is 19.7. The summed E-state index contributed by atoms with van der Waals surface area (Å²) in [5.41, 5.74) is 1.30. The lowest BCUT2D eigenvalue weighted by molar-refractivity contribution is -0.139. The maximum Gasteiger partial charge on any atom is 0.334 e. The van der Waals surface area contributed by atoms with E-state index in [4.69, 9.17) is 39.5 Å². The van der Waals surface area contributed by atoms with Gasteiger partial charge in [-0.15, -0.1) is 0 Å². The molecule has 0 aliphatic rings. The Kier molecular flexibility index (Phi) is 8.33. The minimum Gasteiger partial charge on any atom is -0.424 e. The van der Waals surface area contributed by atoms with Crippen LogP contribution in [0.25, 0.3) is 0 Å². The highest BCUT2D eigenvalue weighted by molar-refractivity contribution is 6.42.